The van der Waals surface area contributed by atoms with E-state index in [9.17, 15) is 18.8 Å². The van der Waals surface area contributed by atoms with Gasteiger partial charge in [-0.15, -0.1) is 10.2 Å². The zero-order chi connectivity index (χ0) is 25.1. The minimum atomic E-state index is -0.863. The van der Waals surface area contributed by atoms with Gasteiger partial charge < -0.3 is 5.73 Å². The van der Waals surface area contributed by atoms with Crippen LogP contribution in [0.25, 0.3) is 17.1 Å². The number of para-hydroxylation sites is 1. The van der Waals surface area contributed by atoms with Crippen molar-refractivity contribution in [1.82, 2.24) is 24.3 Å². The Morgan fingerprint density at radius 1 is 1.14 bits per heavy atom. The van der Waals surface area contributed by atoms with Gasteiger partial charge >= 0.3 is 5.69 Å². The Balaban J connectivity index is 1.74. The van der Waals surface area contributed by atoms with Crippen LogP contribution in [0.15, 0.2) is 63.3 Å². The number of thioether (sulfide) groups is 1. The Hall–Kier alpha value is -3.70. The molecule has 2 heterocycles. The molecule has 0 saturated heterocycles. The maximum absolute atomic E-state index is 14.8. The van der Waals surface area contributed by atoms with Crippen LogP contribution < -0.4 is 17.0 Å². The first-order valence-corrected chi connectivity index (χ1v) is 11.9. The van der Waals surface area contributed by atoms with E-state index in [2.05, 4.69) is 15.2 Å². The summed E-state index contributed by atoms with van der Waals surface area (Å²) in [4.78, 5) is 39.5. The van der Waals surface area contributed by atoms with Crippen LogP contribution in [0.3, 0.4) is 0 Å². The van der Waals surface area contributed by atoms with Gasteiger partial charge in [0.05, 0.1) is 16.5 Å². The van der Waals surface area contributed by atoms with E-state index in [-0.39, 0.29) is 40.3 Å². The Bertz CT molecular complexity index is 1530. The zero-order valence-corrected chi connectivity index (χ0v) is 20.1. The molecule has 2 aromatic heterocycles. The SMILES string of the molecule is CCCn1c(N)c(C(=O)CSc2nnc(-c3ccccc3Cl)n2-c2ccccc2F)c(=O)[nH]c1=O. The molecule has 0 atom stereocenters. The number of nitrogens with two attached hydrogens (primary N) is 1. The highest BCUT2D eigenvalue weighted by Crippen LogP contribution is 2.32. The second kappa shape index (κ2) is 10.3. The van der Waals surface area contributed by atoms with E-state index in [0.717, 1.165) is 16.3 Å². The van der Waals surface area contributed by atoms with Gasteiger partial charge in [0.2, 0.25) is 0 Å². The fraction of sp³-hybridized carbons (Fsp3) is 0.174. The molecule has 0 aliphatic carbocycles. The van der Waals surface area contributed by atoms with Crippen LogP contribution in [0.4, 0.5) is 10.2 Å². The molecule has 9 nitrogen and oxygen atoms in total. The molecular weight excluding hydrogens is 495 g/mol. The second-order valence-electron chi connectivity index (χ2n) is 7.46. The number of anilines is 1. The summed E-state index contributed by atoms with van der Waals surface area (Å²) in [5.41, 5.74) is 4.83. The molecule has 0 radical (unpaired) electrons. The summed E-state index contributed by atoms with van der Waals surface area (Å²) in [6.07, 6.45) is 0.578. The van der Waals surface area contributed by atoms with Crippen molar-refractivity contribution in [3.63, 3.8) is 0 Å². The molecule has 0 fully saturated rings. The average molecular weight is 515 g/mol. The molecule has 2 aromatic carbocycles. The Kier molecular flexibility index (Phi) is 7.17. The fourth-order valence-corrected chi connectivity index (χ4v) is 4.57. The first-order valence-electron chi connectivity index (χ1n) is 10.6. The van der Waals surface area contributed by atoms with Crippen LogP contribution in [0.5, 0.6) is 0 Å². The van der Waals surface area contributed by atoms with E-state index in [1.54, 1.807) is 42.5 Å². The molecule has 4 aromatic rings. The molecule has 35 heavy (non-hydrogen) atoms. The number of halogens is 2. The third-order valence-corrected chi connectivity index (χ3v) is 6.40. The van der Waals surface area contributed by atoms with E-state index in [1.807, 2.05) is 6.92 Å². The van der Waals surface area contributed by atoms with Crippen LogP contribution in [0.1, 0.15) is 23.7 Å². The number of hydrogen-bond donors (Lipinski definition) is 2. The van der Waals surface area contributed by atoms with E-state index in [0.29, 0.717) is 17.0 Å². The first-order chi connectivity index (χ1) is 16.8. The predicted molar refractivity (Wildman–Crippen MR) is 133 cm³/mol. The standard InChI is InChI=1S/C23H20ClFN6O3S/c1-2-11-30-19(26)18(21(33)27-22(30)34)17(32)12-35-23-29-28-20(13-7-3-4-8-14(13)24)31(23)16-10-6-5-9-15(16)25/h3-10H,2,11-12,26H2,1H3,(H,27,33,34). The number of carbonyl (C=O) groups excluding carboxylic acids is 1. The highest BCUT2D eigenvalue weighted by molar-refractivity contribution is 7.99. The van der Waals surface area contributed by atoms with Crippen molar-refractivity contribution >= 4 is 35.0 Å². The summed E-state index contributed by atoms with van der Waals surface area (Å²) in [6, 6.07) is 13.0. The van der Waals surface area contributed by atoms with Crippen molar-refractivity contribution in [2.75, 3.05) is 11.5 Å². The van der Waals surface area contributed by atoms with Gasteiger partial charge in [-0.05, 0) is 30.7 Å². The highest BCUT2D eigenvalue weighted by atomic mass is 35.5. The van der Waals surface area contributed by atoms with Crippen LogP contribution in [0.2, 0.25) is 5.02 Å². The lowest BCUT2D eigenvalue weighted by molar-refractivity contribution is 0.102. The van der Waals surface area contributed by atoms with Gasteiger partial charge in [0.25, 0.3) is 5.56 Å². The van der Waals surface area contributed by atoms with Crippen molar-refractivity contribution in [3.8, 4) is 17.1 Å². The second-order valence-corrected chi connectivity index (χ2v) is 8.81. The molecule has 0 amide bonds. The Morgan fingerprint density at radius 2 is 1.86 bits per heavy atom. The van der Waals surface area contributed by atoms with E-state index in [4.69, 9.17) is 17.3 Å². The number of ketones is 1. The third-order valence-electron chi connectivity index (χ3n) is 5.14. The normalized spacial score (nSPS) is 11.1. The topological polar surface area (TPSA) is 129 Å². The van der Waals surface area contributed by atoms with E-state index >= 15 is 0 Å². The summed E-state index contributed by atoms with van der Waals surface area (Å²) in [5, 5.41) is 8.94. The van der Waals surface area contributed by atoms with Crippen LogP contribution >= 0.6 is 23.4 Å². The fourth-order valence-electron chi connectivity index (χ4n) is 3.54. The van der Waals surface area contributed by atoms with Gasteiger partial charge in [-0.2, -0.15) is 0 Å². The number of nitrogens with zero attached hydrogens (tertiary/aromatic N) is 4. The summed E-state index contributed by atoms with van der Waals surface area (Å²) in [6.45, 7) is 2.08. The molecule has 0 saturated carbocycles. The Morgan fingerprint density at radius 3 is 2.57 bits per heavy atom. The van der Waals surface area contributed by atoms with Crippen LogP contribution in [-0.4, -0.2) is 35.9 Å². The summed E-state index contributed by atoms with van der Waals surface area (Å²) in [5.74, 6) is -1.31. The molecule has 180 valence electrons. The molecule has 0 unspecified atom stereocenters. The maximum atomic E-state index is 14.8. The largest absolute Gasteiger partial charge is 0.384 e. The molecule has 0 bridgehead atoms. The summed E-state index contributed by atoms with van der Waals surface area (Å²) >= 11 is 7.30. The number of nitrogen functional groups attached to an aromatic ring is 1. The number of hydrogen-bond acceptors (Lipinski definition) is 7. The molecule has 0 spiro atoms. The molecule has 0 aliphatic heterocycles. The highest BCUT2D eigenvalue weighted by Gasteiger charge is 2.23. The quantitative estimate of drug-likeness (QED) is 0.272. The number of Topliss-reactive ketones (excluding diaryl/α,β-unsaturated/α-hetero) is 1. The van der Waals surface area contributed by atoms with Crippen molar-refractivity contribution in [1.29, 1.82) is 0 Å². The summed E-state index contributed by atoms with van der Waals surface area (Å²) in [7, 11) is 0. The minimum Gasteiger partial charge on any atom is -0.384 e. The van der Waals surface area contributed by atoms with Gasteiger partial charge in [-0.3, -0.25) is 23.7 Å². The van der Waals surface area contributed by atoms with Gasteiger partial charge in [0, 0.05) is 12.1 Å². The van der Waals surface area contributed by atoms with Gasteiger partial charge in [0.1, 0.15) is 17.2 Å². The van der Waals surface area contributed by atoms with Crippen molar-refractivity contribution in [2.24, 2.45) is 0 Å². The van der Waals surface area contributed by atoms with Crippen molar-refractivity contribution < 1.29 is 9.18 Å². The van der Waals surface area contributed by atoms with Crippen molar-refractivity contribution in [3.05, 3.63) is 85.8 Å². The average Bonchev–Trinajstić information content (AvgIpc) is 3.24. The van der Waals surface area contributed by atoms with Gasteiger partial charge in [-0.1, -0.05) is 54.6 Å². The lowest BCUT2D eigenvalue weighted by atomic mass is 10.2. The van der Waals surface area contributed by atoms with Crippen LogP contribution in [-0.2, 0) is 6.54 Å². The number of aromatic nitrogens is 5. The van der Waals surface area contributed by atoms with Crippen molar-refractivity contribution in [2.45, 2.75) is 25.0 Å². The molecule has 0 aliphatic rings. The monoisotopic (exact) mass is 514 g/mol. The number of benzene rings is 2. The predicted octanol–water partition coefficient (Wildman–Crippen LogP) is 3.54. The van der Waals surface area contributed by atoms with E-state index < -0.39 is 22.8 Å². The number of aromatic amines is 1. The van der Waals surface area contributed by atoms with E-state index in [1.165, 1.54) is 10.6 Å². The van der Waals surface area contributed by atoms with Crippen LogP contribution in [0, 0.1) is 5.82 Å². The maximum Gasteiger partial charge on any atom is 0.329 e. The van der Waals surface area contributed by atoms with Gasteiger partial charge in [-0.25, -0.2) is 9.18 Å². The minimum absolute atomic E-state index is 0.163. The Labute approximate surface area is 207 Å². The third kappa shape index (κ3) is 4.77. The first kappa shape index (κ1) is 24.4. The lowest BCUT2D eigenvalue weighted by Crippen LogP contribution is -2.36. The lowest BCUT2D eigenvalue weighted by Gasteiger charge is -2.13. The number of rotatable bonds is 8. The smallest absolute Gasteiger partial charge is 0.329 e. The number of carbonyl (C=O) groups is 1. The number of nitrogens with one attached hydrogen (secondary N) is 1. The molecule has 12 heteroatoms. The zero-order valence-electron chi connectivity index (χ0n) is 18.5. The number of H-pyrrole nitrogens is 1. The molecular formula is C23H20ClFN6O3S. The molecule has 4 rings (SSSR count). The molecule has 3 N–H and O–H groups in total. The van der Waals surface area contributed by atoms with Gasteiger partial charge in [0.15, 0.2) is 16.8 Å². The summed E-state index contributed by atoms with van der Waals surface area (Å²) < 4.78 is 17.4.